The third kappa shape index (κ3) is 4.09. The van der Waals surface area contributed by atoms with Crippen LogP contribution in [0.4, 0.5) is 27.6 Å². The van der Waals surface area contributed by atoms with Crippen LogP contribution >= 0.6 is 22.9 Å². The van der Waals surface area contributed by atoms with Crippen molar-refractivity contribution in [3.8, 4) is 11.3 Å². The molecular weight excluding hydrogens is 435 g/mol. The van der Waals surface area contributed by atoms with Crippen LogP contribution in [0.1, 0.15) is 5.56 Å². The number of anilines is 1. The van der Waals surface area contributed by atoms with Gasteiger partial charge in [0.15, 0.2) is 0 Å². The first-order valence-electron chi connectivity index (χ1n) is 6.99. The lowest BCUT2D eigenvalue weighted by molar-refractivity contribution is -0.140. The van der Waals surface area contributed by atoms with Gasteiger partial charge in [0.1, 0.15) is 16.5 Å². The molecule has 3 rings (SSSR count). The number of thiophene rings is 1. The number of sulfonamides is 1. The number of nitrogens with one attached hydrogen (secondary N) is 2. The quantitative estimate of drug-likeness (QED) is 0.524. The zero-order valence-electron chi connectivity index (χ0n) is 12.9. The van der Waals surface area contributed by atoms with Gasteiger partial charge in [0.25, 0.3) is 10.0 Å². The van der Waals surface area contributed by atoms with Crippen molar-refractivity contribution in [1.29, 1.82) is 0 Å². The Bertz CT molecular complexity index is 1110. The summed E-state index contributed by atoms with van der Waals surface area (Å²) in [6.45, 7) is 0. The third-order valence-electron chi connectivity index (χ3n) is 3.45. The van der Waals surface area contributed by atoms with Gasteiger partial charge in [-0.2, -0.15) is 13.2 Å². The Morgan fingerprint density at radius 2 is 1.78 bits per heavy atom. The first-order valence-corrected chi connectivity index (χ1v) is 9.73. The van der Waals surface area contributed by atoms with Crippen LogP contribution in [0.5, 0.6) is 0 Å². The second-order valence-corrected chi connectivity index (χ2v) is 8.53. The number of H-pyrrole nitrogens is 1. The Morgan fingerprint density at radius 3 is 2.37 bits per heavy atom. The van der Waals surface area contributed by atoms with E-state index in [1.54, 1.807) is 16.2 Å². The van der Waals surface area contributed by atoms with Crippen LogP contribution in [0, 0.1) is 11.6 Å². The molecule has 0 aliphatic heterocycles. The molecule has 2 heterocycles. The standard InChI is InChI=1S/C15H8ClF5N2O2S2/c16-14-1-7(6-26-14)12-2-8(5-22-12)27(24,25)23-13-4-10(17)9(3-11(13)18)15(19,20)21/h1-6,22-23H. The summed E-state index contributed by atoms with van der Waals surface area (Å²) in [5.41, 5.74) is -1.76. The second-order valence-electron chi connectivity index (χ2n) is 5.30. The molecule has 0 bridgehead atoms. The van der Waals surface area contributed by atoms with E-state index < -0.39 is 39.1 Å². The van der Waals surface area contributed by atoms with Crippen molar-refractivity contribution in [2.75, 3.05) is 4.72 Å². The number of alkyl halides is 3. The van der Waals surface area contributed by atoms with E-state index >= 15 is 0 Å². The van der Waals surface area contributed by atoms with Crippen LogP contribution in [0.3, 0.4) is 0 Å². The Hall–Kier alpha value is -2.11. The van der Waals surface area contributed by atoms with Gasteiger partial charge in [-0.3, -0.25) is 4.72 Å². The van der Waals surface area contributed by atoms with Crippen molar-refractivity contribution in [3.05, 3.63) is 57.4 Å². The van der Waals surface area contributed by atoms with Crippen LogP contribution in [0.25, 0.3) is 11.3 Å². The van der Waals surface area contributed by atoms with E-state index in [4.69, 9.17) is 11.6 Å². The average molecular weight is 443 g/mol. The summed E-state index contributed by atoms with van der Waals surface area (Å²) in [6.07, 6.45) is -4.01. The molecule has 0 amide bonds. The van der Waals surface area contributed by atoms with Crippen molar-refractivity contribution < 1.29 is 30.4 Å². The van der Waals surface area contributed by atoms with E-state index in [-0.39, 0.29) is 17.0 Å². The molecule has 0 spiro atoms. The van der Waals surface area contributed by atoms with Gasteiger partial charge in [-0.15, -0.1) is 11.3 Å². The van der Waals surface area contributed by atoms with E-state index in [0.717, 1.165) is 6.20 Å². The average Bonchev–Trinajstić information content (AvgIpc) is 3.18. The molecule has 3 aromatic rings. The summed E-state index contributed by atoms with van der Waals surface area (Å²) in [4.78, 5) is 2.37. The molecule has 4 nitrogen and oxygen atoms in total. The number of benzene rings is 1. The Morgan fingerprint density at radius 1 is 1.07 bits per heavy atom. The normalized spacial score (nSPS) is 12.4. The summed E-state index contributed by atoms with van der Waals surface area (Å²) in [7, 11) is -4.38. The number of aromatic amines is 1. The number of aromatic nitrogens is 1. The van der Waals surface area contributed by atoms with E-state index in [2.05, 4.69) is 4.98 Å². The van der Waals surface area contributed by atoms with Crippen LogP contribution in [0.15, 0.2) is 40.7 Å². The SMILES string of the molecule is O=S(=O)(Nc1cc(F)c(C(F)(F)F)cc1F)c1c[nH]c(-c2csc(Cl)c2)c1. The molecular formula is C15H8ClF5N2O2S2. The van der Waals surface area contributed by atoms with Crippen molar-refractivity contribution in [2.45, 2.75) is 11.1 Å². The maximum Gasteiger partial charge on any atom is 0.419 e. The highest BCUT2D eigenvalue weighted by atomic mass is 35.5. The van der Waals surface area contributed by atoms with Gasteiger partial charge in [-0.05, 0) is 18.2 Å². The van der Waals surface area contributed by atoms with Crippen molar-refractivity contribution in [3.63, 3.8) is 0 Å². The molecule has 0 unspecified atom stereocenters. The van der Waals surface area contributed by atoms with E-state index in [1.807, 2.05) is 0 Å². The maximum absolute atomic E-state index is 13.9. The summed E-state index contributed by atoms with van der Waals surface area (Å²) >= 11 is 7.03. The fraction of sp³-hybridized carbons (Fsp3) is 0.0667. The molecule has 0 saturated heterocycles. The number of hydrogen-bond donors (Lipinski definition) is 2. The van der Waals surface area contributed by atoms with Crippen LogP contribution in [-0.2, 0) is 16.2 Å². The first kappa shape index (κ1) is 19.6. The zero-order chi connectivity index (χ0) is 20.0. The van der Waals surface area contributed by atoms with Crippen molar-refractivity contribution in [2.24, 2.45) is 0 Å². The molecule has 1 aromatic carbocycles. The van der Waals surface area contributed by atoms with E-state index in [1.165, 1.54) is 17.4 Å². The Balaban J connectivity index is 1.91. The second kappa shape index (κ2) is 6.80. The van der Waals surface area contributed by atoms with Crippen LogP contribution in [-0.4, -0.2) is 13.4 Å². The van der Waals surface area contributed by atoms with E-state index in [0.29, 0.717) is 15.6 Å². The summed E-state index contributed by atoms with van der Waals surface area (Å²) in [6, 6.07) is 2.84. The topological polar surface area (TPSA) is 62.0 Å². The van der Waals surface area contributed by atoms with Gasteiger partial charge in [0.05, 0.1) is 15.6 Å². The molecule has 0 radical (unpaired) electrons. The number of halogens is 6. The van der Waals surface area contributed by atoms with Crippen molar-refractivity contribution in [1.82, 2.24) is 4.98 Å². The summed E-state index contributed by atoms with van der Waals surface area (Å²) < 4.78 is 92.0. The van der Waals surface area contributed by atoms with Gasteiger partial charge >= 0.3 is 6.18 Å². The van der Waals surface area contributed by atoms with Gasteiger partial charge in [0, 0.05) is 28.9 Å². The van der Waals surface area contributed by atoms with E-state index in [9.17, 15) is 30.4 Å². The maximum atomic E-state index is 13.9. The minimum absolute atomic E-state index is 0.108. The largest absolute Gasteiger partial charge is 0.419 e. The lowest BCUT2D eigenvalue weighted by Gasteiger charge is -2.12. The highest BCUT2D eigenvalue weighted by molar-refractivity contribution is 7.92. The van der Waals surface area contributed by atoms with Gasteiger partial charge in [0.2, 0.25) is 0 Å². The zero-order valence-corrected chi connectivity index (χ0v) is 15.3. The van der Waals surface area contributed by atoms with Gasteiger partial charge in [-0.25, -0.2) is 17.2 Å². The fourth-order valence-corrected chi connectivity index (χ4v) is 4.13. The highest BCUT2D eigenvalue weighted by Crippen LogP contribution is 2.35. The number of hydrogen-bond acceptors (Lipinski definition) is 3. The monoisotopic (exact) mass is 442 g/mol. The smallest absolute Gasteiger partial charge is 0.360 e. The molecule has 0 atom stereocenters. The lowest BCUT2D eigenvalue weighted by Crippen LogP contribution is -2.15. The first-order chi connectivity index (χ1) is 12.5. The van der Waals surface area contributed by atoms with Crippen LogP contribution in [0.2, 0.25) is 4.34 Å². The minimum atomic E-state index is -5.11. The molecule has 12 heteroatoms. The molecule has 0 aliphatic carbocycles. The fourth-order valence-electron chi connectivity index (χ4n) is 2.19. The molecule has 2 aromatic heterocycles. The minimum Gasteiger partial charge on any atom is -0.360 e. The Kier molecular flexibility index (Phi) is 4.95. The van der Waals surface area contributed by atoms with Crippen molar-refractivity contribution >= 4 is 38.6 Å². The summed E-state index contributed by atoms with van der Waals surface area (Å²) in [5, 5.41) is 1.67. The molecule has 144 valence electrons. The predicted octanol–water partition coefficient (Wildman–Crippen LogP) is 5.49. The third-order valence-corrected chi connectivity index (χ3v) is 5.89. The molecule has 2 N–H and O–H groups in total. The predicted molar refractivity (Wildman–Crippen MR) is 91.3 cm³/mol. The highest BCUT2D eigenvalue weighted by Gasteiger charge is 2.35. The summed E-state index contributed by atoms with van der Waals surface area (Å²) in [5.74, 6) is -3.36. The molecule has 0 fully saturated rings. The molecule has 27 heavy (non-hydrogen) atoms. The van der Waals surface area contributed by atoms with Crippen LogP contribution < -0.4 is 4.72 Å². The lowest BCUT2D eigenvalue weighted by atomic mass is 10.2. The number of rotatable bonds is 4. The molecule has 0 saturated carbocycles. The Labute approximate surface area is 158 Å². The molecule has 0 aliphatic rings. The van der Waals surface area contributed by atoms with Gasteiger partial charge < -0.3 is 4.98 Å². The van der Waals surface area contributed by atoms with Gasteiger partial charge in [-0.1, -0.05) is 11.6 Å².